The molecule has 3 unspecified atom stereocenters. The van der Waals surface area contributed by atoms with E-state index in [1.165, 1.54) is 12.5 Å². The molecule has 0 heterocycles. The number of benzene rings is 1. The van der Waals surface area contributed by atoms with Gasteiger partial charge in [0.25, 0.3) is 0 Å². The molecule has 3 heteroatoms. The van der Waals surface area contributed by atoms with Crippen molar-refractivity contribution in [1.82, 2.24) is 0 Å². The molecule has 3 atom stereocenters. The molecule has 0 amide bonds. The Hall–Kier alpha value is -0.960. The van der Waals surface area contributed by atoms with Crippen molar-refractivity contribution < 1.29 is 13.9 Å². The minimum atomic E-state index is -0.838. The Bertz CT molecular complexity index is 423. The Morgan fingerprint density at radius 2 is 1.79 bits per heavy atom. The quantitative estimate of drug-likeness (QED) is 0.880. The molecule has 1 aromatic rings. The highest BCUT2D eigenvalue weighted by Crippen LogP contribution is 2.35. The highest BCUT2D eigenvalue weighted by atomic mass is 19.2. The van der Waals surface area contributed by atoms with Crippen LogP contribution in [0, 0.1) is 29.4 Å². The first kappa shape index (κ1) is 14.4. The second-order valence-corrected chi connectivity index (χ2v) is 6.16. The summed E-state index contributed by atoms with van der Waals surface area (Å²) in [5, 5.41) is 10.3. The maximum absolute atomic E-state index is 13.6. The van der Waals surface area contributed by atoms with Gasteiger partial charge in [0.15, 0.2) is 11.6 Å². The third kappa shape index (κ3) is 3.53. The van der Waals surface area contributed by atoms with Gasteiger partial charge in [0.2, 0.25) is 0 Å². The summed E-state index contributed by atoms with van der Waals surface area (Å²) in [6.45, 7) is 4.39. The molecule has 0 saturated heterocycles. The topological polar surface area (TPSA) is 20.2 Å². The van der Waals surface area contributed by atoms with E-state index in [2.05, 4.69) is 13.8 Å². The molecule has 0 spiro atoms. The van der Waals surface area contributed by atoms with E-state index in [9.17, 15) is 13.9 Å². The predicted octanol–water partition coefficient (Wildman–Crippen LogP) is 3.94. The first-order valence-electron chi connectivity index (χ1n) is 7.08. The zero-order valence-electron chi connectivity index (χ0n) is 11.6. The zero-order valence-corrected chi connectivity index (χ0v) is 11.6. The van der Waals surface area contributed by atoms with Gasteiger partial charge < -0.3 is 5.11 Å². The van der Waals surface area contributed by atoms with E-state index < -0.39 is 17.7 Å². The summed E-state index contributed by atoms with van der Waals surface area (Å²) in [5.74, 6) is -0.267. The lowest BCUT2D eigenvalue weighted by molar-refractivity contribution is 0.0554. The molecule has 1 nitrogen and oxygen atoms in total. The van der Waals surface area contributed by atoms with Gasteiger partial charge in [-0.1, -0.05) is 26.0 Å². The van der Waals surface area contributed by atoms with Crippen LogP contribution in [0.2, 0.25) is 0 Å². The Balaban J connectivity index is 2.04. The van der Waals surface area contributed by atoms with Crippen molar-refractivity contribution in [3.05, 3.63) is 35.4 Å². The molecule has 106 valence electrons. The van der Waals surface area contributed by atoms with Crippen LogP contribution < -0.4 is 0 Å². The van der Waals surface area contributed by atoms with Gasteiger partial charge in [-0.25, -0.2) is 8.78 Å². The fourth-order valence-electron chi connectivity index (χ4n) is 3.42. The summed E-state index contributed by atoms with van der Waals surface area (Å²) in [7, 11) is 0. The second-order valence-electron chi connectivity index (χ2n) is 6.16. The molecule has 0 bridgehead atoms. The van der Waals surface area contributed by atoms with Gasteiger partial charge in [0, 0.05) is 6.42 Å². The molecule has 1 fully saturated rings. The SMILES string of the molecule is CC1CC(C)CC(C(O)Cc2cccc(F)c2F)C1. The van der Waals surface area contributed by atoms with E-state index in [0.717, 1.165) is 18.9 Å². The van der Waals surface area contributed by atoms with Crippen molar-refractivity contribution in [3.8, 4) is 0 Å². The summed E-state index contributed by atoms with van der Waals surface area (Å²) in [5.41, 5.74) is 0.276. The highest BCUT2D eigenvalue weighted by molar-refractivity contribution is 5.19. The largest absolute Gasteiger partial charge is 0.392 e. The van der Waals surface area contributed by atoms with E-state index in [0.29, 0.717) is 11.8 Å². The molecule has 1 saturated carbocycles. The van der Waals surface area contributed by atoms with Crippen molar-refractivity contribution in [3.63, 3.8) is 0 Å². The van der Waals surface area contributed by atoms with Gasteiger partial charge in [-0.3, -0.25) is 0 Å². The van der Waals surface area contributed by atoms with Gasteiger partial charge in [-0.15, -0.1) is 0 Å². The molecule has 1 aliphatic rings. The van der Waals surface area contributed by atoms with Crippen LogP contribution in [-0.4, -0.2) is 11.2 Å². The van der Waals surface area contributed by atoms with Gasteiger partial charge in [0.1, 0.15) is 0 Å². The Kier molecular flexibility index (Phi) is 4.56. The van der Waals surface area contributed by atoms with E-state index in [1.807, 2.05) is 0 Å². The molecule has 0 aliphatic heterocycles. The van der Waals surface area contributed by atoms with Crippen LogP contribution in [0.15, 0.2) is 18.2 Å². The molecule has 1 aliphatic carbocycles. The number of rotatable bonds is 3. The maximum atomic E-state index is 13.6. The van der Waals surface area contributed by atoms with Crippen LogP contribution in [0.5, 0.6) is 0 Å². The lowest BCUT2D eigenvalue weighted by Crippen LogP contribution is -2.31. The van der Waals surface area contributed by atoms with Crippen LogP contribution >= 0.6 is 0 Å². The van der Waals surface area contributed by atoms with Crippen molar-refractivity contribution in [1.29, 1.82) is 0 Å². The van der Waals surface area contributed by atoms with Gasteiger partial charge in [-0.05, 0) is 48.6 Å². The first-order chi connectivity index (χ1) is 8.97. The van der Waals surface area contributed by atoms with E-state index in [4.69, 9.17) is 0 Å². The van der Waals surface area contributed by atoms with Crippen LogP contribution in [0.25, 0.3) is 0 Å². The average molecular weight is 268 g/mol. The van der Waals surface area contributed by atoms with Crippen molar-refractivity contribution >= 4 is 0 Å². The fourth-order valence-corrected chi connectivity index (χ4v) is 3.42. The predicted molar refractivity (Wildman–Crippen MR) is 71.7 cm³/mol. The number of aliphatic hydroxyl groups is 1. The monoisotopic (exact) mass is 268 g/mol. The summed E-state index contributed by atoms with van der Waals surface area (Å²) >= 11 is 0. The number of aliphatic hydroxyl groups excluding tert-OH is 1. The lowest BCUT2D eigenvalue weighted by Gasteiger charge is -2.34. The van der Waals surface area contributed by atoms with Crippen LogP contribution in [0.1, 0.15) is 38.7 Å². The Morgan fingerprint density at radius 3 is 2.42 bits per heavy atom. The van der Waals surface area contributed by atoms with Crippen molar-refractivity contribution in [2.75, 3.05) is 0 Å². The highest BCUT2D eigenvalue weighted by Gasteiger charge is 2.29. The smallest absolute Gasteiger partial charge is 0.162 e. The van der Waals surface area contributed by atoms with E-state index >= 15 is 0 Å². The molecule has 1 N–H and O–H groups in total. The Morgan fingerprint density at radius 1 is 1.16 bits per heavy atom. The average Bonchev–Trinajstić information content (AvgIpc) is 2.33. The third-order valence-corrected chi connectivity index (χ3v) is 4.22. The zero-order chi connectivity index (χ0) is 14.0. The summed E-state index contributed by atoms with van der Waals surface area (Å²) in [6, 6.07) is 4.15. The second kappa shape index (κ2) is 6.00. The molecular formula is C16H22F2O. The minimum Gasteiger partial charge on any atom is -0.392 e. The molecular weight excluding hydrogens is 246 g/mol. The lowest BCUT2D eigenvalue weighted by atomic mass is 9.73. The molecule has 2 rings (SSSR count). The Labute approximate surface area is 113 Å². The van der Waals surface area contributed by atoms with Gasteiger partial charge in [-0.2, -0.15) is 0 Å². The van der Waals surface area contributed by atoms with Crippen LogP contribution in [0.4, 0.5) is 8.78 Å². The minimum absolute atomic E-state index is 0.196. The number of hydrogen-bond donors (Lipinski definition) is 1. The first-order valence-corrected chi connectivity index (χ1v) is 7.08. The van der Waals surface area contributed by atoms with Gasteiger partial charge in [0.05, 0.1) is 6.10 Å². The fraction of sp³-hybridized carbons (Fsp3) is 0.625. The molecule has 19 heavy (non-hydrogen) atoms. The van der Waals surface area contributed by atoms with Crippen LogP contribution in [-0.2, 0) is 6.42 Å². The summed E-state index contributed by atoms with van der Waals surface area (Å²) in [4.78, 5) is 0. The molecule has 0 radical (unpaired) electrons. The number of hydrogen-bond acceptors (Lipinski definition) is 1. The van der Waals surface area contributed by atoms with Crippen LogP contribution in [0.3, 0.4) is 0 Å². The molecule has 0 aromatic heterocycles. The van der Waals surface area contributed by atoms with Gasteiger partial charge >= 0.3 is 0 Å². The maximum Gasteiger partial charge on any atom is 0.162 e. The summed E-state index contributed by atoms with van der Waals surface area (Å²) in [6.07, 6.45) is 2.76. The summed E-state index contributed by atoms with van der Waals surface area (Å²) < 4.78 is 26.7. The normalized spacial score (nSPS) is 29.2. The van der Waals surface area contributed by atoms with E-state index in [-0.39, 0.29) is 17.9 Å². The number of halogens is 2. The van der Waals surface area contributed by atoms with Crippen molar-refractivity contribution in [2.24, 2.45) is 17.8 Å². The van der Waals surface area contributed by atoms with Crippen molar-refractivity contribution in [2.45, 2.75) is 45.6 Å². The van der Waals surface area contributed by atoms with E-state index in [1.54, 1.807) is 6.07 Å². The standard InChI is InChI=1S/C16H22F2O/c1-10-6-11(2)8-13(7-10)15(19)9-12-4-3-5-14(17)16(12)18/h3-5,10-11,13,15,19H,6-9H2,1-2H3. The molecule has 1 aromatic carbocycles. The third-order valence-electron chi connectivity index (χ3n) is 4.22.